The molecule has 0 unspecified atom stereocenters. The number of hydrogen-bond acceptors (Lipinski definition) is 4. The molecule has 6 heteroatoms. The van der Waals surface area contributed by atoms with E-state index in [0.29, 0.717) is 18.4 Å². The van der Waals surface area contributed by atoms with Crippen LogP contribution in [-0.4, -0.2) is 64.8 Å². The van der Waals surface area contributed by atoms with Gasteiger partial charge in [-0.25, -0.2) is 4.79 Å². The van der Waals surface area contributed by atoms with Crippen molar-refractivity contribution in [2.75, 3.05) is 26.2 Å². The van der Waals surface area contributed by atoms with Crippen LogP contribution in [0.25, 0.3) is 11.1 Å². The predicted octanol–water partition coefficient (Wildman–Crippen LogP) is 3.48. The first-order chi connectivity index (χ1) is 14.5. The largest absolute Gasteiger partial charge is 0.480 e. The van der Waals surface area contributed by atoms with E-state index >= 15 is 0 Å². The van der Waals surface area contributed by atoms with E-state index in [9.17, 15) is 14.7 Å². The van der Waals surface area contributed by atoms with Crippen LogP contribution >= 0.6 is 0 Å². The summed E-state index contributed by atoms with van der Waals surface area (Å²) in [6.45, 7) is 4.80. The molecule has 6 nitrogen and oxygen atoms in total. The number of piperidine rings is 1. The summed E-state index contributed by atoms with van der Waals surface area (Å²) in [6.07, 6.45) is 2.33. The zero-order chi connectivity index (χ0) is 21.1. The SMILES string of the molecule is CCCN1CCC2(CC1)OC[C@H](C(=O)O)N2C(=O)c1ccc(-c2ccccc2)cc1. The number of carboxylic acid groups (broad SMARTS) is 1. The van der Waals surface area contributed by atoms with Gasteiger partial charge in [0.15, 0.2) is 6.04 Å². The van der Waals surface area contributed by atoms with Gasteiger partial charge in [0.1, 0.15) is 5.72 Å². The molecule has 2 saturated heterocycles. The highest BCUT2D eigenvalue weighted by Gasteiger charge is 2.53. The first-order valence-corrected chi connectivity index (χ1v) is 10.6. The first kappa shape index (κ1) is 20.6. The van der Waals surface area contributed by atoms with Gasteiger partial charge in [0.25, 0.3) is 5.91 Å². The highest BCUT2D eigenvalue weighted by molar-refractivity contribution is 5.98. The Morgan fingerprint density at radius 2 is 1.67 bits per heavy atom. The van der Waals surface area contributed by atoms with Crippen LogP contribution in [0.5, 0.6) is 0 Å². The maximum Gasteiger partial charge on any atom is 0.328 e. The summed E-state index contributed by atoms with van der Waals surface area (Å²) in [7, 11) is 0. The average molecular weight is 408 g/mol. The molecule has 2 heterocycles. The quantitative estimate of drug-likeness (QED) is 0.820. The van der Waals surface area contributed by atoms with E-state index in [0.717, 1.165) is 37.2 Å². The lowest BCUT2D eigenvalue weighted by Gasteiger charge is -2.44. The van der Waals surface area contributed by atoms with Gasteiger partial charge in [0.05, 0.1) is 6.61 Å². The number of carbonyl (C=O) groups excluding carboxylic acids is 1. The Morgan fingerprint density at radius 1 is 1.03 bits per heavy atom. The number of rotatable bonds is 5. The second-order valence-corrected chi connectivity index (χ2v) is 8.07. The number of carbonyl (C=O) groups is 2. The molecule has 2 aliphatic rings. The van der Waals surface area contributed by atoms with Crippen molar-refractivity contribution < 1.29 is 19.4 Å². The summed E-state index contributed by atoms with van der Waals surface area (Å²) in [5.74, 6) is -1.29. The predicted molar refractivity (Wildman–Crippen MR) is 114 cm³/mol. The topological polar surface area (TPSA) is 70.1 Å². The second-order valence-electron chi connectivity index (χ2n) is 8.07. The van der Waals surface area contributed by atoms with Crippen LogP contribution in [0.3, 0.4) is 0 Å². The number of hydrogen-bond donors (Lipinski definition) is 1. The fraction of sp³-hybridized carbons (Fsp3) is 0.417. The van der Waals surface area contributed by atoms with Crippen molar-refractivity contribution in [2.24, 2.45) is 0 Å². The molecular formula is C24H28N2O4. The summed E-state index contributed by atoms with van der Waals surface area (Å²) in [5.41, 5.74) is 1.75. The van der Waals surface area contributed by atoms with Crippen molar-refractivity contribution in [1.82, 2.24) is 9.80 Å². The van der Waals surface area contributed by atoms with Crippen LogP contribution in [0.1, 0.15) is 36.5 Å². The Morgan fingerprint density at radius 3 is 2.27 bits per heavy atom. The summed E-state index contributed by atoms with van der Waals surface area (Å²) in [6, 6.07) is 16.4. The fourth-order valence-corrected chi connectivity index (χ4v) is 4.57. The van der Waals surface area contributed by atoms with Gasteiger partial charge in [-0.1, -0.05) is 49.4 Å². The molecule has 0 bridgehead atoms. The van der Waals surface area contributed by atoms with Gasteiger partial charge in [-0.05, 0) is 36.2 Å². The van der Waals surface area contributed by atoms with Crippen LogP contribution in [0, 0.1) is 0 Å². The van der Waals surface area contributed by atoms with Gasteiger partial charge < -0.3 is 14.7 Å². The minimum atomic E-state index is -1.02. The van der Waals surface area contributed by atoms with E-state index in [1.807, 2.05) is 42.5 Å². The molecule has 30 heavy (non-hydrogen) atoms. The van der Waals surface area contributed by atoms with Gasteiger partial charge in [0.2, 0.25) is 0 Å². The molecule has 0 aromatic heterocycles. The van der Waals surface area contributed by atoms with Crippen molar-refractivity contribution in [3.8, 4) is 11.1 Å². The highest BCUT2D eigenvalue weighted by Crippen LogP contribution is 2.38. The lowest BCUT2D eigenvalue weighted by atomic mass is 9.96. The third-order valence-corrected chi connectivity index (χ3v) is 6.18. The van der Waals surface area contributed by atoms with Crippen molar-refractivity contribution in [1.29, 1.82) is 0 Å². The summed E-state index contributed by atoms with van der Waals surface area (Å²) < 4.78 is 6.03. The van der Waals surface area contributed by atoms with E-state index in [1.54, 1.807) is 12.1 Å². The van der Waals surface area contributed by atoms with E-state index < -0.39 is 17.7 Å². The number of benzene rings is 2. The number of aliphatic carboxylic acids is 1. The second kappa shape index (κ2) is 8.58. The zero-order valence-corrected chi connectivity index (χ0v) is 17.3. The molecule has 2 fully saturated rings. The molecule has 0 radical (unpaired) electrons. The third-order valence-electron chi connectivity index (χ3n) is 6.18. The third kappa shape index (κ3) is 3.85. The Hall–Kier alpha value is -2.70. The zero-order valence-electron chi connectivity index (χ0n) is 17.3. The van der Waals surface area contributed by atoms with Crippen molar-refractivity contribution >= 4 is 11.9 Å². The molecule has 0 saturated carbocycles. The van der Waals surface area contributed by atoms with E-state index in [4.69, 9.17) is 4.74 Å². The van der Waals surface area contributed by atoms with Crippen LogP contribution < -0.4 is 0 Å². The van der Waals surface area contributed by atoms with Gasteiger partial charge in [-0.15, -0.1) is 0 Å². The molecule has 4 rings (SSSR count). The Labute approximate surface area is 177 Å². The van der Waals surface area contributed by atoms with Gasteiger partial charge >= 0.3 is 5.97 Å². The highest BCUT2D eigenvalue weighted by atomic mass is 16.5. The van der Waals surface area contributed by atoms with Crippen LogP contribution in [-0.2, 0) is 9.53 Å². The maximum atomic E-state index is 13.5. The molecule has 0 aliphatic carbocycles. The van der Waals surface area contributed by atoms with Crippen LogP contribution in [0.15, 0.2) is 54.6 Å². The van der Waals surface area contributed by atoms with Gasteiger partial charge in [0, 0.05) is 31.5 Å². The average Bonchev–Trinajstić information content (AvgIpc) is 3.15. The number of nitrogens with zero attached hydrogens (tertiary/aromatic N) is 2. The van der Waals surface area contributed by atoms with E-state index in [1.165, 1.54) is 4.90 Å². The normalized spacial score (nSPS) is 21.1. The van der Waals surface area contributed by atoms with Crippen molar-refractivity contribution in [2.45, 2.75) is 38.0 Å². The molecule has 1 spiro atoms. The molecule has 1 amide bonds. The smallest absolute Gasteiger partial charge is 0.328 e. The van der Waals surface area contributed by atoms with Gasteiger partial charge in [-0.3, -0.25) is 9.69 Å². The van der Waals surface area contributed by atoms with Crippen LogP contribution in [0.2, 0.25) is 0 Å². The Balaban J connectivity index is 1.58. The monoisotopic (exact) mass is 408 g/mol. The number of likely N-dealkylation sites (tertiary alicyclic amines) is 1. The minimum Gasteiger partial charge on any atom is -0.480 e. The van der Waals surface area contributed by atoms with E-state index in [-0.39, 0.29) is 12.5 Å². The molecule has 1 N–H and O–H groups in total. The molecule has 2 aromatic carbocycles. The Kier molecular flexibility index (Phi) is 5.88. The first-order valence-electron chi connectivity index (χ1n) is 10.6. The lowest BCUT2D eigenvalue weighted by molar-refractivity contribution is -0.143. The van der Waals surface area contributed by atoms with Gasteiger partial charge in [-0.2, -0.15) is 0 Å². The lowest BCUT2D eigenvalue weighted by Crippen LogP contribution is -2.58. The van der Waals surface area contributed by atoms with Crippen molar-refractivity contribution in [3.05, 3.63) is 60.2 Å². The van der Waals surface area contributed by atoms with E-state index in [2.05, 4.69) is 11.8 Å². The summed E-state index contributed by atoms with van der Waals surface area (Å²) in [5, 5.41) is 9.74. The molecule has 2 aliphatic heterocycles. The van der Waals surface area contributed by atoms with Crippen molar-refractivity contribution in [3.63, 3.8) is 0 Å². The molecule has 2 aromatic rings. The number of amides is 1. The summed E-state index contributed by atoms with van der Waals surface area (Å²) in [4.78, 5) is 29.2. The molecule has 158 valence electrons. The molecule has 1 atom stereocenters. The molecular weight excluding hydrogens is 380 g/mol. The van der Waals surface area contributed by atoms with Crippen LogP contribution in [0.4, 0.5) is 0 Å². The Bertz CT molecular complexity index is 889. The number of ether oxygens (including phenoxy) is 1. The standard InChI is InChI=1S/C24H28N2O4/c1-2-14-25-15-12-24(13-16-25)26(21(17-30-24)23(28)29)22(27)20-10-8-19(9-11-20)18-6-4-3-5-7-18/h3-11,21H,2,12-17H2,1H3,(H,28,29)/t21-/m1/s1. The maximum absolute atomic E-state index is 13.5. The fourth-order valence-electron chi connectivity index (χ4n) is 4.57. The summed E-state index contributed by atoms with van der Waals surface area (Å²) >= 11 is 0. The number of carboxylic acids is 1. The minimum absolute atomic E-state index is 0.0386.